The predicted molar refractivity (Wildman–Crippen MR) is 97.6 cm³/mol. The minimum Gasteiger partial charge on any atom is -0.478 e. The van der Waals surface area contributed by atoms with Crippen molar-refractivity contribution < 1.29 is 33.9 Å². The highest BCUT2D eigenvalue weighted by atomic mass is 31.2. The molecular formula is C17H28NO7P. The van der Waals surface area contributed by atoms with E-state index in [1.807, 2.05) is 6.92 Å². The Labute approximate surface area is 153 Å². The molecule has 26 heavy (non-hydrogen) atoms. The number of hydrogen-bond donors (Lipinski definition) is 4. The Kier molecular flexibility index (Phi) is 9.43. The zero-order valence-electron chi connectivity index (χ0n) is 15.3. The van der Waals surface area contributed by atoms with E-state index in [1.54, 1.807) is 32.0 Å². The maximum atomic E-state index is 12.4. The fraction of sp³-hybridized carbons (Fsp3) is 0.588. The Morgan fingerprint density at radius 3 is 2.42 bits per heavy atom. The molecule has 9 heteroatoms. The van der Waals surface area contributed by atoms with Gasteiger partial charge in [-0.15, -0.1) is 0 Å². The highest BCUT2D eigenvalue weighted by Crippen LogP contribution is 2.47. The van der Waals surface area contributed by atoms with Gasteiger partial charge in [-0.05, 0) is 38.5 Å². The van der Waals surface area contributed by atoms with E-state index in [-0.39, 0.29) is 37.5 Å². The van der Waals surface area contributed by atoms with Gasteiger partial charge in [0.05, 0.1) is 17.8 Å². The maximum Gasteiger partial charge on any atom is 0.335 e. The molecule has 8 nitrogen and oxygen atoms in total. The van der Waals surface area contributed by atoms with Crippen LogP contribution in [-0.2, 0) is 14.0 Å². The number of aromatic carboxylic acids is 1. The fourth-order valence-corrected chi connectivity index (χ4v) is 4.06. The second-order valence-corrected chi connectivity index (χ2v) is 8.17. The molecule has 4 N–H and O–H groups in total. The molecule has 0 saturated carbocycles. The molecule has 1 unspecified atom stereocenters. The molecule has 0 aromatic heterocycles. The van der Waals surface area contributed by atoms with Gasteiger partial charge in [0.25, 0.3) is 7.37 Å². The minimum absolute atomic E-state index is 0.0635. The van der Waals surface area contributed by atoms with Crippen LogP contribution in [0.25, 0.3) is 0 Å². The number of carboxylic acids is 1. The number of hydrogen-bond acceptors (Lipinski definition) is 6. The van der Waals surface area contributed by atoms with E-state index in [1.165, 1.54) is 6.07 Å². The van der Waals surface area contributed by atoms with Crippen LogP contribution in [0.5, 0.6) is 0 Å². The molecule has 0 radical (unpaired) electrons. The lowest BCUT2D eigenvalue weighted by Gasteiger charge is -2.25. The molecule has 0 aliphatic rings. The summed E-state index contributed by atoms with van der Waals surface area (Å²) in [6.07, 6.45) is -1.45. The summed E-state index contributed by atoms with van der Waals surface area (Å²) in [4.78, 5) is 21.2. The molecule has 0 fully saturated rings. The summed E-state index contributed by atoms with van der Waals surface area (Å²) in [7, 11) is -3.86. The number of aliphatic hydroxyl groups excluding tert-OH is 1. The first kappa shape index (κ1) is 22.8. The van der Waals surface area contributed by atoms with Gasteiger partial charge in [-0.3, -0.25) is 4.57 Å². The lowest BCUT2D eigenvalue weighted by Crippen LogP contribution is -2.33. The van der Waals surface area contributed by atoms with Crippen molar-refractivity contribution in [1.29, 1.82) is 0 Å². The van der Waals surface area contributed by atoms with Crippen LogP contribution in [0.15, 0.2) is 24.3 Å². The number of rotatable bonds is 12. The Morgan fingerprint density at radius 2 is 1.88 bits per heavy atom. The molecule has 1 aromatic rings. The third-order valence-corrected chi connectivity index (χ3v) is 5.62. The average Bonchev–Trinajstić information content (AvgIpc) is 2.59. The first-order valence-electron chi connectivity index (χ1n) is 8.50. The molecule has 0 heterocycles. The third kappa shape index (κ3) is 7.15. The highest BCUT2D eigenvalue weighted by molar-refractivity contribution is 7.58. The van der Waals surface area contributed by atoms with Crippen molar-refractivity contribution in [2.75, 3.05) is 25.9 Å². The number of ether oxygens (including phenoxy) is 2. The lowest BCUT2D eigenvalue weighted by molar-refractivity contribution is -0.0876. The summed E-state index contributed by atoms with van der Waals surface area (Å²) in [5, 5.41) is 22.2. The van der Waals surface area contributed by atoms with E-state index in [2.05, 4.69) is 5.32 Å². The summed E-state index contributed by atoms with van der Waals surface area (Å²) in [5.74, 6) is -1.02. The van der Waals surface area contributed by atoms with Crippen molar-refractivity contribution in [3.05, 3.63) is 35.4 Å². The van der Waals surface area contributed by atoms with Crippen molar-refractivity contribution >= 4 is 13.3 Å². The number of carboxylic acid groups (broad SMARTS) is 1. The van der Waals surface area contributed by atoms with Crippen LogP contribution in [0.4, 0.5) is 0 Å². The third-order valence-electron chi connectivity index (χ3n) is 3.71. The standard InChI is InChI=1S/C17H28NO7P/c1-4-24-17(25-5-2)26(22,23)11-15(19)10-18-12(3)13-7-6-8-14(9-13)16(20)21/h6-9,12,15,17-19H,4-5,10-11H2,1-3H3,(H,20,21)(H,22,23)/t12-,15-/m1/s1. The second-order valence-electron chi connectivity index (χ2n) is 5.87. The van der Waals surface area contributed by atoms with E-state index in [0.29, 0.717) is 0 Å². The smallest absolute Gasteiger partial charge is 0.335 e. The SMILES string of the molecule is CCOC(OCC)P(=O)(O)C[C@H](O)CN[C@H](C)c1cccc(C(=O)O)c1. The first-order valence-corrected chi connectivity index (χ1v) is 10.4. The van der Waals surface area contributed by atoms with Gasteiger partial charge in [-0.2, -0.15) is 0 Å². The van der Waals surface area contributed by atoms with Crippen LogP contribution in [0.1, 0.15) is 42.7 Å². The number of nitrogens with one attached hydrogen (secondary N) is 1. The van der Waals surface area contributed by atoms with E-state index in [9.17, 15) is 19.4 Å². The summed E-state index contributed by atoms with van der Waals surface area (Å²) in [6, 6.07) is 4.96. The number of benzene rings is 1. The van der Waals surface area contributed by atoms with Crippen LogP contribution in [0, 0.1) is 0 Å². The normalized spacial score (nSPS) is 16.2. The Bertz CT molecular complexity index is 619. The molecule has 0 aliphatic carbocycles. The van der Waals surface area contributed by atoms with Gasteiger partial charge < -0.3 is 29.9 Å². The molecule has 1 rings (SSSR count). The van der Waals surface area contributed by atoms with Crippen LogP contribution in [0.3, 0.4) is 0 Å². The summed E-state index contributed by atoms with van der Waals surface area (Å²) >= 11 is 0. The molecule has 0 amide bonds. The topological polar surface area (TPSA) is 125 Å². The van der Waals surface area contributed by atoms with Crippen molar-refractivity contribution in [1.82, 2.24) is 5.32 Å². The van der Waals surface area contributed by atoms with Crippen molar-refractivity contribution in [2.45, 2.75) is 38.9 Å². The average molecular weight is 389 g/mol. The zero-order valence-corrected chi connectivity index (χ0v) is 16.2. The number of aliphatic hydroxyl groups is 1. The monoisotopic (exact) mass is 389 g/mol. The molecule has 0 aliphatic heterocycles. The van der Waals surface area contributed by atoms with Crippen LogP contribution >= 0.6 is 7.37 Å². The van der Waals surface area contributed by atoms with Gasteiger partial charge in [0.2, 0.25) is 6.03 Å². The predicted octanol–water partition coefficient (Wildman–Crippen LogP) is 2.02. The Hall–Kier alpha value is -1.28. The van der Waals surface area contributed by atoms with E-state index in [4.69, 9.17) is 14.6 Å². The molecular weight excluding hydrogens is 361 g/mol. The van der Waals surface area contributed by atoms with E-state index < -0.39 is 25.5 Å². The molecule has 1 aromatic carbocycles. The zero-order chi connectivity index (χ0) is 19.7. The van der Waals surface area contributed by atoms with Crippen molar-refractivity contribution in [3.63, 3.8) is 0 Å². The second kappa shape index (κ2) is 10.8. The van der Waals surface area contributed by atoms with Gasteiger partial charge in [0.1, 0.15) is 0 Å². The van der Waals surface area contributed by atoms with Crippen LogP contribution in [-0.4, -0.2) is 59.1 Å². The van der Waals surface area contributed by atoms with Gasteiger partial charge in [-0.25, -0.2) is 4.79 Å². The lowest BCUT2D eigenvalue weighted by atomic mass is 10.1. The largest absolute Gasteiger partial charge is 0.478 e. The fourth-order valence-electron chi connectivity index (χ4n) is 2.39. The minimum atomic E-state index is -3.86. The van der Waals surface area contributed by atoms with Crippen LogP contribution in [0.2, 0.25) is 0 Å². The molecule has 0 spiro atoms. The summed E-state index contributed by atoms with van der Waals surface area (Å²) in [5.41, 5.74) is 0.915. The van der Waals surface area contributed by atoms with E-state index in [0.717, 1.165) is 5.56 Å². The van der Waals surface area contributed by atoms with Crippen molar-refractivity contribution in [2.24, 2.45) is 0 Å². The maximum absolute atomic E-state index is 12.4. The molecule has 3 atom stereocenters. The van der Waals surface area contributed by atoms with Gasteiger partial charge in [0, 0.05) is 25.8 Å². The first-order chi connectivity index (χ1) is 12.2. The van der Waals surface area contributed by atoms with Gasteiger partial charge in [0.15, 0.2) is 0 Å². The molecule has 0 bridgehead atoms. The summed E-state index contributed by atoms with van der Waals surface area (Å²) < 4.78 is 22.7. The van der Waals surface area contributed by atoms with Crippen molar-refractivity contribution in [3.8, 4) is 0 Å². The molecule has 0 saturated heterocycles. The Balaban J connectivity index is 2.62. The Morgan fingerprint density at radius 1 is 1.27 bits per heavy atom. The highest BCUT2D eigenvalue weighted by Gasteiger charge is 2.34. The molecule has 148 valence electrons. The quantitative estimate of drug-likeness (QED) is 0.316. The van der Waals surface area contributed by atoms with Crippen LogP contribution < -0.4 is 5.32 Å². The van der Waals surface area contributed by atoms with Gasteiger partial charge in [-0.1, -0.05) is 12.1 Å². The van der Waals surface area contributed by atoms with Gasteiger partial charge >= 0.3 is 5.97 Å². The number of carbonyl (C=O) groups is 1. The summed E-state index contributed by atoms with van der Waals surface area (Å²) in [6.45, 7) is 5.71. The van der Waals surface area contributed by atoms with E-state index >= 15 is 0 Å².